The number of thioether (sulfide) groups is 1. The highest BCUT2D eigenvalue weighted by Gasteiger charge is 2.42. The molecule has 0 spiro atoms. The molecule has 4 rings (SSSR count). The van der Waals surface area contributed by atoms with Gasteiger partial charge in [0.25, 0.3) is 5.91 Å². The molecule has 36 heavy (non-hydrogen) atoms. The van der Waals surface area contributed by atoms with Crippen molar-refractivity contribution in [2.24, 2.45) is 0 Å². The van der Waals surface area contributed by atoms with Crippen LogP contribution in [0.1, 0.15) is 18.5 Å². The van der Waals surface area contributed by atoms with Crippen LogP contribution in [0.5, 0.6) is 17.2 Å². The van der Waals surface area contributed by atoms with Crippen molar-refractivity contribution in [1.82, 2.24) is 15.4 Å². The molecule has 1 saturated heterocycles. The fourth-order valence-corrected chi connectivity index (χ4v) is 5.17. The maximum Gasteiger partial charge on any atom is 0.573 e. The van der Waals surface area contributed by atoms with E-state index in [0.29, 0.717) is 44.0 Å². The summed E-state index contributed by atoms with van der Waals surface area (Å²) in [4.78, 5) is 20.1. The van der Waals surface area contributed by atoms with Gasteiger partial charge in [-0.1, -0.05) is 6.07 Å². The van der Waals surface area contributed by atoms with E-state index in [4.69, 9.17) is 4.74 Å². The van der Waals surface area contributed by atoms with Gasteiger partial charge < -0.3 is 9.47 Å². The lowest BCUT2D eigenvalue weighted by Crippen LogP contribution is -2.51. The van der Waals surface area contributed by atoms with Crippen molar-refractivity contribution in [1.29, 1.82) is 0 Å². The smallest absolute Gasteiger partial charge is 0.457 e. The van der Waals surface area contributed by atoms with Gasteiger partial charge in [-0.3, -0.25) is 19.9 Å². The summed E-state index contributed by atoms with van der Waals surface area (Å²) in [5.41, 5.74) is 2.79. The van der Waals surface area contributed by atoms with Gasteiger partial charge in [0.05, 0.1) is 5.69 Å². The molecule has 0 bridgehead atoms. The van der Waals surface area contributed by atoms with Crippen molar-refractivity contribution in [3.63, 3.8) is 0 Å². The summed E-state index contributed by atoms with van der Waals surface area (Å²) < 4.78 is 45.6. The molecule has 0 unspecified atom stereocenters. The summed E-state index contributed by atoms with van der Waals surface area (Å²) in [6, 6.07) is 17.9. The summed E-state index contributed by atoms with van der Waals surface area (Å²) in [7, 11) is 0. The normalized spacial score (nSPS) is 15.8. The molecule has 2 aromatic carbocycles. The number of hydroxylamine groups is 1. The number of halogens is 3. The van der Waals surface area contributed by atoms with Gasteiger partial charge in [0, 0.05) is 30.7 Å². The zero-order valence-corrected chi connectivity index (χ0v) is 19.9. The highest BCUT2D eigenvalue weighted by Crippen LogP contribution is 2.42. The van der Waals surface area contributed by atoms with E-state index in [1.807, 2.05) is 23.7 Å². The second-order valence-corrected chi connectivity index (χ2v) is 9.68. The number of carbonyl (C=O) groups is 1. The van der Waals surface area contributed by atoms with Crippen LogP contribution >= 0.6 is 11.8 Å². The molecule has 1 fully saturated rings. The van der Waals surface area contributed by atoms with Gasteiger partial charge >= 0.3 is 6.36 Å². The maximum absolute atomic E-state index is 12.7. The van der Waals surface area contributed by atoms with E-state index in [1.165, 1.54) is 36.0 Å². The second-order valence-electron chi connectivity index (χ2n) is 8.23. The summed E-state index contributed by atoms with van der Waals surface area (Å²) in [5, 5.41) is 9.39. The van der Waals surface area contributed by atoms with E-state index >= 15 is 0 Å². The molecular weight excluding hydrogens is 495 g/mol. The van der Waals surface area contributed by atoms with Gasteiger partial charge in [-0.25, -0.2) is 5.48 Å². The Morgan fingerprint density at radius 3 is 2.17 bits per heavy atom. The monoisotopic (exact) mass is 519 g/mol. The predicted octanol–water partition coefficient (Wildman–Crippen LogP) is 5.40. The lowest BCUT2D eigenvalue weighted by atomic mass is 9.94. The van der Waals surface area contributed by atoms with Crippen LogP contribution in [0.15, 0.2) is 77.8 Å². The van der Waals surface area contributed by atoms with Gasteiger partial charge in [0.1, 0.15) is 22.0 Å². The van der Waals surface area contributed by atoms with E-state index < -0.39 is 17.0 Å². The molecule has 0 radical (unpaired) electrons. The number of benzene rings is 2. The number of nitrogens with zero attached hydrogens (tertiary/aromatic N) is 2. The van der Waals surface area contributed by atoms with Crippen LogP contribution in [-0.2, 0) is 11.3 Å². The Bertz CT molecular complexity index is 1140. The molecule has 0 atom stereocenters. The van der Waals surface area contributed by atoms with Crippen LogP contribution in [-0.4, -0.2) is 45.2 Å². The van der Waals surface area contributed by atoms with E-state index in [1.54, 1.807) is 30.5 Å². The molecule has 1 amide bonds. The minimum Gasteiger partial charge on any atom is -0.457 e. The molecule has 3 aromatic rings. The van der Waals surface area contributed by atoms with E-state index in [9.17, 15) is 23.2 Å². The minimum atomic E-state index is -4.75. The number of alkyl halides is 3. The third-order valence-corrected chi connectivity index (χ3v) is 7.21. The van der Waals surface area contributed by atoms with Crippen molar-refractivity contribution in [2.45, 2.75) is 35.4 Å². The van der Waals surface area contributed by atoms with E-state index in [2.05, 4.69) is 14.6 Å². The number of pyridine rings is 1. The maximum atomic E-state index is 12.7. The molecule has 2 heterocycles. The van der Waals surface area contributed by atoms with E-state index in [-0.39, 0.29) is 5.75 Å². The third-order valence-electron chi connectivity index (χ3n) is 5.72. The Morgan fingerprint density at radius 2 is 1.61 bits per heavy atom. The molecule has 7 nitrogen and oxygen atoms in total. The number of amides is 1. The van der Waals surface area contributed by atoms with Crippen LogP contribution < -0.4 is 15.0 Å². The van der Waals surface area contributed by atoms with Crippen molar-refractivity contribution in [3.05, 3.63) is 78.6 Å². The third kappa shape index (κ3) is 6.90. The highest BCUT2D eigenvalue weighted by molar-refractivity contribution is 8.01. The number of hydrogen-bond donors (Lipinski definition) is 2. The van der Waals surface area contributed by atoms with Crippen LogP contribution in [0.3, 0.4) is 0 Å². The number of likely N-dealkylation sites (tertiary alicyclic amines) is 1. The Kier molecular flexibility index (Phi) is 8.02. The highest BCUT2D eigenvalue weighted by atomic mass is 32.2. The quantitative estimate of drug-likeness (QED) is 0.304. The van der Waals surface area contributed by atoms with Crippen molar-refractivity contribution < 1.29 is 32.6 Å². The fraction of sp³-hybridized carbons (Fsp3) is 0.280. The Morgan fingerprint density at radius 1 is 1.00 bits per heavy atom. The minimum absolute atomic E-state index is 0.333. The Labute approximate surface area is 210 Å². The summed E-state index contributed by atoms with van der Waals surface area (Å²) >= 11 is 1.38. The lowest BCUT2D eigenvalue weighted by Gasteiger charge is -2.39. The number of rotatable bonds is 8. The number of carbonyl (C=O) groups excluding carboxylic acids is 1. The number of nitrogens with one attached hydrogen (secondary N) is 1. The van der Waals surface area contributed by atoms with Crippen molar-refractivity contribution >= 4 is 17.7 Å². The standard InChI is InChI=1S/C25H24F3N3O4S/c26-25(27,28)35-21-6-4-19(5-7-21)34-20-8-10-22(11-9-20)36-24(23(32)30-33)12-15-31(16-13-24)17-18-3-1-2-14-29-18/h1-11,14,33H,12-13,15-17H2,(H,30,32). The zero-order chi connectivity index (χ0) is 25.6. The molecule has 2 N–H and O–H groups in total. The first-order valence-electron chi connectivity index (χ1n) is 11.1. The Hall–Kier alpha value is -3.28. The summed E-state index contributed by atoms with van der Waals surface area (Å²) in [6.45, 7) is 2.04. The largest absolute Gasteiger partial charge is 0.573 e. The van der Waals surface area contributed by atoms with Crippen molar-refractivity contribution in [2.75, 3.05) is 13.1 Å². The zero-order valence-electron chi connectivity index (χ0n) is 19.1. The number of aromatic nitrogens is 1. The SMILES string of the molecule is O=C(NO)C1(Sc2ccc(Oc3ccc(OC(F)(F)F)cc3)cc2)CCN(Cc2ccccn2)CC1. The molecule has 11 heteroatoms. The second kappa shape index (κ2) is 11.2. The Balaban J connectivity index is 1.37. The number of ether oxygens (including phenoxy) is 2. The average Bonchev–Trinajstić information content (AvgIpc) is 2.87. The van der Waals surface area contributed by atoms with Gasteiger partial charge in [-0.2, -0.15) is 0 Å². The molecule has 190 valence electrons. The molecule has 1 aliphatic heterocycles. The average molecular weight is 520 g/mol. The first kappa shape index (κ1) is 25.8. The van der Waals surface area contributed by atoms with Crippen LogP contribution in [0.4, 0.5) is 13.2 Å². The molecule has 1 aliphatic rings. The van der Waals surface area contributed by atoms with Crippen LogP contribution in [0.25, 0.3) is 0 Å². The molecule has 0 saturated carbocycles. The topological polar surface area (TPSA) is 83.9 Å². The first-order valence-corrected chi connectivity index (χ1v) is 12.0. The summed E-state index contributed by atoms with van der Waals surface area (Å²) in [5.74, 6) is 0.0580. The molecular formula is C25H24F3N3O4S. The molecule has 0 aliphatic carbocycles. The van der Waals surface area contributed by atoms with Gasteiger partial charge in [0.15, 0.2) is 0 Å². The lowest BCUT2D eigenvalue weighted by molar-refractivity contribution is -0.274. The van der Waals surface area contributed by atoms with Crippen LogP contribution in [0.2, 0.25) is 0 Å². The van der Waals surface area contributed by atoms with E-state index in [0.717, 1.165) is 10.6 Å². The first-order chi connectivity index (χ1) is 17.2. The predicted molar refractivity (Wildman–Crippen MR) is 127 cm³/mol. The number of hydrogen-bond acceptors (Lipinski definition) is 7. The summed E-state index contributed by atoms with van der Waals surface area (Å²) in [6.07, 6.45) is -1.91. The molecule has 1 aromatic heterocycles. The van der Waals surface area contributed by atoms with Crippen LogP contribution in [0, 0.1) is 0 Å². The fourth-order valence-electron chi connectivity index (χ4n) is 3.92. The van der Waals surface area contributed by atoms with Crippen molar-refractivity contribution in [3.8, 4) is 17.2 Å². The van der Waals surface area contributed by atoms with Gasteiger partial charge in [-0.05, 0) is 73.5 Å². The number of piperidine rings is 1. The van der Waals surface area contributed by atoms with Gasteiger partial charge in [-0.15, -0.1) is 24.9 Å². The van der Waals surface area contributed by atoms with Gasteiger partial charge in [0.2, 0.25) is 0 Å².